The number of likely N-dealkylation sites (N-methyl/N-ethyl adjacent to an activating group) is 1. The lowest BCUT2D eigenvalue weighted by atomic mass is 9.82. The molecule has 2 aliphatic rings. The molecule has 0 atom stereocenters. The third-order valence-corrected chi connectivity index (χ3v) is 4.78. The van der Waals surface area contributed by atoms with Crippen LogP contribution in [0.15, 0.2) is 0 Å². The van der Waals surface area contributed by atoms with Crippen LogP contribution < -0.4 is 0 Å². The van der Waals surface area contributed by atoms with Crippen molar-refractivity contribution in [2.24, 2.45) is 5.92 Å². The summed E-state index contributed by atoms with van der Waals surface area (Å²) in [6.07, 6.45) is 12.0. The van der Waals surface area contributed by atoms with E-state index >= 15 is 0 Å². The van der Waals surface area contributed by atoms with E-state index in [1.54, 1.807) is 0 Å². The number of ketones is 1. The number of Topliss-reactive ketones (excluding diaryl/α,β-unsaturated/α-hetero) is 1. The van der Waals surface area contributed by atoms with Gasteiger partial charge in [0, 0.05) is 6.42 Å². The summed E-state index contributed by atoms with van der Waals surface area (Å²) in [6, 6.07) is 0. The van der Waals surface area contributed by atoms with Crippen molar-refractivity contribution in [3.8, 4) is 0 Å². The van der Waals surface area contributed by atoms with Crippen molar-refractivity contribution < 1.29 is 4.79 Å². The van der Waals surface area contributed by atoms with Crippen LogP contribution in [0, 0.1) is 5.92 Å². The van der Waals surface area contributed by atoms with Gasteiger partial charge < -0.3 is 0 Å². The van der Waals surface area contributed by atoms with E-state index in [0.717, 1.165) is 31.6 Å². The number of hydrogen-bond donors (Lipinski definition) is 0. The molecule has 2 aliphatic carbocycles. The van der Waals surface area contributed by atoms with Crippen LogP contribution in [0.3, 0.4) is 0 Å². The lowest BCUT2D eigenvalue weighted by molar-refractivity contribution is -0.131. The minimum absolute atomic E-state index is 0.120. The lowest BCUT2D eigenvalue weighted by Gasteiger charge is -2.38. The molecular weight excluding hydrogens is 210 g/mol. The fourth-order valence-electron chi connectivity index (χ4n) is 3.26. The maximum atomic E-state index is 12.6. The Morgan fingerprint density at radius 1 is 1.12 bits per heavy atom. The Kier molecular flexibility index (Phi) is 4.24. The van der Waals surface area contributed by atoms with Crippen LogP contribution in [0.2, 0.25) is 0 Å². The smallest absolute Gasteiger partial charge is 0.153 e. The van der Waals surface area contributed by atoms with Crippen molar-refractivity contribution in [1.82, 2.24) is 4.90 Å². The summed E-state index contributed by atoms with van der Waals surface area (Å²) in [5.41, 5.74) is -0.120. The summed E-state index contributed by atoms with van der Waals surface area (Å²) in [6.45, 7) is 0. The van der Waals surface area contributed by atoms with Gasteiger partial charge in [0.25, 0.3) is 0 Å². The molecule has 2 fully saturated rings. The van der Waals surface area contributed by atoms with E-state index in [9.17, 15) is 4.79 Å². The average molecular weight is 237 g/mol. The van der Waals surface area contributed by atoms with E-state index < -0.39 is 0 Å². The first-order chi connectivity index (χ1) is 8.15. The number of carbonyl (C=O) groups is 1. The summed E-state index contributed by atoms with van der Waals surface area (Å²) >= 11 is 0. The largest absolute Gasteiger partial charge is 0.298 e. The maximum Gasteiger partial charge on any atom is 0.153 e. The Labute approximate surface area is 106 Å². The Morgan fingerprint density at radius 3 is 2.18 bits per heavy atom. The molecule has 0 saturated heterocycles. The molecule has 98 valence electrons. The molecule has 2 nitrogen and oxygen atoms in total. The van der Waals surface area contributed by atoms with E-state index in [0.29, 0.717) is 5.78 Å². The molecule has 0 heterocycles. The number of rotatable bonds is 5. The molecule has 0 aromatic rings. The Morgan fingerprint density at radius 2 is 1.71 bits per heavy atom. The second kappa shape index (κ2) is 5.51. The molecular formula is C15H27NO. The van der Waals surface area contributed by atoms with E-state index in [4.69, 9.17) is 0 Å². The first-order valence-corrected chi connectivity index (χ1v) is 7.36. The van der Waals surface area contributed by atoms with Gasteiger partial charge in [-0.2, -0.15) is 0 Å². The van der Waals surface area contributed by atoms with Crippen molar-refractivity contribution in [3.63, 3.8) is 0 Å². The fraction of sp³-hybridized carbons (Fsp3) is 0.933. The van der Waals surface area contributed by atoms with Gasteiger partial charge in [0.1, 0.15) is 0 Å². The molecule has 2 heteroatoms. The van der Waals surface area contributed by atoms with Crippen LogP contribution in [0.4, 0.5) is 0 Å². The van der Waals surface area contributed by atoms with E-state index in [2.05, 4.69) is 19.0 Å². The molecule has 2 rings (SSSR count). The molecule has 0 aromatic heterocycles. The van der Waals surface area contributed by atoms with Crippen LogP contribution in [-0.4, -0.2) is 30.3 Å². The van der Waals surface area contributed by atoms with Gasteiger partial charge in [0.15, 0.2) is 5.78 Å². The highest BCUT2D eigenvalue weighted by Crippen LogP contribution is 2.37. The summed E-state index contributed by atoms with van der Waals surface area (Å²) < 4.78 is 0. The normalized spacial score (nSPS) is 24.6. The minimum atomic E-state index is -0.120. The molecule has 0 bridgehead atoms. The third-order valence-electron chi connectivity index (χ3n) is 4.78. The summed E-state index contributed by atoms with van der Waals surface area (Å²) in [7, 11) is 4.20. The van der Waals surface area contributed by atoms with Gasteiger partial charge in [-0.3, -0.25) is 9.69 Å². The molecule has 17 heavy (non-hydrogen) atoms. The molecule has 2 saturated carbocycles. The third kappa shape index (κ3) is 3.09. The van der Waals surface area contributed by atoms with Crippen molar-refractivity contribution >= 4 is 5.78 Å². The summed E-state index contributed by atoms with van der Waals surface area (Å²) in [5.74, 6) is 1.40. The van der Waals surface area contributed by atoms with Crippen LogP contribution in [0.5, 0.6) is 0 Å². The maximum absolute atomic E-state index is 12.6. The van der Waals surface area contributed by atoms with Crippen LogP contribution >= 0.6 is 0 Å². The predicted molar refractivity (Wildman–Crippen MR) is 71.1 cm³/mol. The Bertz CT molecular complexity index is 260. The predicted octanol–water partition coefficient (Wildman–Crippen LogP) is 3.40. The van der Waals surface area contributed by atoms with E-state index in [1.165, 1.54) is 38.5 Å². The topological polar surface area (TPSA) is 20.3 Å². The number of carbonyl (C=O) groups excluding carboxylic acids is 1. The first-order valence-electron chi connectivity index (χ1n) is 7.36. The molecule has 0 unspecified atom stereocenters. The second-order valence-corrected chi connectivity index (χ2v) is 6.25. The first kappa shape index (κ1) is 13.1. The molecule has 0 N–H and O–H groups in total. The number of hydrogen-bond acceptors (Lipinski definition) is 2. The van der Waals surface area contributed by atoms with Crippen molar-refractivity contribution in [1.29, 1.82) is 0 Å². The number of nitrogens with zero attached hydrogens (tertiary/aromatic N) is 1. The fourth-order valence-corrected chi connectivity index (χ4v) is 3.26. The van der Waals surface area contributed by atoms with Crippen LogP contribution in [0.1, 0.15) is 64.2 Å². The van der Waals surface area contributed by atoms with E-state index in [-0.39, 0.29) is 5.54 Å². The van der Waals surface area contributed by atoms with E-state index in [1.807, 2.05) is 0 Å². The highest BCUT2D eigenvalue weighted by atomic mass is 16.1. The zero-order valence-electron chi connectivity index (χ0n) is 11.5. The zero-order chi connectivity index (χ0) is 12.3. The van der Waals surface area contributed by atoms with Gasteiger partial charge in [0.05, 0.1) is 5.54 Å². The summed E-state index contributed by atoms with van der Waals surface area (Å²) in [5, 5.41) is 0. The van der Waals surface area contributed by atoms with Gasteiger partial charge in [-0.05, 0) is 39.3 Å². The van der Waals surface area contributed by atoms with Crippen molar-refractivity contribution in [2.45, 2.75) is 69.7 Å². The lowest BCUT2D eigenvalue weighted by Crippen LogP contribution is -2.50. The van der Waals surface area contributed by atoms with Crippen molar-refractivity contribution in [3.05, 3.63) is 0 Å². The summed E-state index contributed by atoms with van der Waals surface area (Å²) in [4.78, 5) is 14.8. The highest BCUT2D eigenvalue weighted by Gasteiger charge is 2.40. The zero-order valence-corrected chi connectivity index (χ0v) is 11.5. The Hall–Kier alpha value is -0.370. The SMILES string of the molecule is CN(C)C1(C(=O)CCC2CC2)CCCCCC1. The Balaban J connectivity index is 1.99. The minimum Gasteiger partial charge on any atom is -0.298 e. The molecule has 0 spiro atoms. The molecule has 0 aliphatic heterocycles. The monoisotopic (exact) mass is 237 g/mol. The second-order valence-electron chi connectivity index (χ2n) is 6.25. The van der Waals surface area contributed by atoms with Gasteiger partial charge in [-0.25, -0.2) is 0 Å². The highest BCUT2D eigenvalue weighted by molar-refractivity contribution is 5.88. The van der Waals surface area contributed by atoms with Crippen LogP contribution in [0.25, 0.3) is 0 Å². The van der Waals surface area contributed by atoms with Crippen LogP contribution in [-0.2, 0) is 4.79 Å². The van der Waals surface area contributed by atoms with Gasteiger partial charge in [0.2, 0.25) is 0 Å². The molecule has 0 amide bonds. The quantitative estimate of drug-likeness (QED) is 0.683. The van der Waals surface area contributed by atoms with Crippen molar-refractivity contribution in [2.75, 3.05) is 14.1 Å². The average Bonchev–Trinajstić information content (AvgIpc) is 3.12. The molecule has 0 radical (unpaired) electrons. The molecule has 0 aromatic carbocycles. The van der Waals surface area contributed by atoms with Gasteiger partial charge in [-0.1, -0.05) is 38.5 Å². The van der Waals surface area contributed by atoms with Gasteiger partial charge >= 0.3 is 0 Å². The van der Waals surface area contributed by atoms with Gasteiger partial charge in [-0.15, -0.1) is 0 Å². The standard InChI is InChI=1S/C15H27NO/c1-16(2)15(11-5-3-4-6-12-15)14(17)10-9-13-7-8-13/h13H,3-12H2,1-2H3.